The van der Waals surface area contributed by atoms with Crippen LogP contribution in [0.3, 0.4) is 0 Å². The van der Waals surface area contributed by atoms with E-state index in [-0.39, 0.29) is 6.61 Å². The zero-order valence-corrected chi connectivity index (χ0v) is 22.1. The van der Waals surface area contributed by atoms with E-state index in [0.29, 0.717) is 36.1 Å². The zero-order valence-electron chi connectivity index (χ0n) is 22.1. The van der Waals surface area contributed by atoms with Crippen LogP contribution in [-0.4, -0.2) is 55.7 Å². The molecule has 1 saturated heterocycles. The molecule has 0 radical (unpaired) electrons. The van der Waals surface area contributed by atoms with Crippen molar-refractivity contribution in [3.8, 4) is 22.9 Å². The number of hydrogen-bond acceptors (Lipinski definition) is 7. The minimum atomic E-state index is -0.985. The van der Waals surface area contributed by atoms with Crippen LogP contribution >= 0.6 is 0 Å². The Balaban J connectivity index is 1.35. The lowest BCUT2D eigenvalue weighted by molar-refractivity contribution is 0.0163. The van der Waals surface area contributed by atoms with E-state index in [9.17, 15) is 15.5 Å². The van der Waals surface area contributed by atoms with Crippen molar-refractivity contribution in [1.82, 2.24) is 14.6 Å². The monoisotopic (exact) mass is 511 g/mol. The van der Waals surface area contributed by atoms with Crippen molar-refractivity contribution in [2.45, 2.75) is 51.2 Å². The molecule has 8 heteroatoms. The average molecular weight is 512 g/mol. The Morgan fingerprint density at radius 3 is 2.55 bits per heavy atom. The van der Waals surface area contributed by atoms with Gasteiger partial charge in [0.1, 0.15) is 24.2 Å². The minimum Gasteiger partial charge on any atom is -0.489 e. The summed E-state index contributed by atoms with van der Waals surface area (Å²) in [5.41, 5.74) is 3.45. The summed E-state index contributed by atoms with van der Waals surface area (Å²) in [5, 5.41) is 35.3. The van der Waals surface area contributed by atoms with Gasteiger partial charge in [-0.15, -0.1) is 0 Å². The first-order valence-electron chi connectivity index (χ1n) is 12.9. The molecular formula is C30H33N5O3. The van der Waals surface area contributed by atoms with E-state index in [1.807, 2.05) is 30.3 Å². The number of aromatic nitrogens is 3. The van der Waals surface area contributed by atoms with Crippen molar-refractivity contribution in [1.29, 1.82) is 5.26 Å². The second-order valence-corrected chi connectivity index (χ2v) is 10.9. The van der Waals surface area contributed by atoms with E-state index in [4.69, 9.17) is 9.72 Å². The number of pyridine rings is 2. The Kier molecular flexibility index (Phi) is 6.82. The highest BCUT2D eigenvalue weighted by Crippen LogP contribution is 2.33. The van der Waals surface area contributed by atoms with Gasteiger partial charge in [0, 0.05) is 36.8 Å². The molecule has 0 atom stereocenters. The van der Waals surface area contributed by atoms with Crippen molar-refractivity contribution < 1.29 is 14.9 Å². The molecule has 0 amide bonds. The summed E-state index contributed by atoms with van der Waals surface area (Å²) in [7, 11) is 0. The molecule has 1 fully saturated rings. The first kappa shape index (κ1) is 25.7. The van der Waals surface area contributed by atoms with Gasteiger partial charge in [-0.3, -0.25) is 0 Å². The molecule has 1 aliphatic rings. The minimum absolute atomic E-state index is 0.118. The van der Waals surface area contributed by atoms with Crippen LogP contribution in [-0.2, 0) is 6.42 Å². The molecular weight excluding hydrogens is 478 g/mol. The van der Waals surface area contributed by atoms with Gasteiger partial charge in [-0.05, 0) is 62.9 Å². The number of aliphatic hydroxyl groups is 2. The lowest BCUT2D eigenvalue weighted by Gasteiger charge is -2.39. The predicted molar refractivity (Wildman–Crippen MR) is 146 cm³/mol. The second-order valence-electron chi connectivity index (χ2n) is 10.9. The maximum Gasteiger partial charge on any atom is 0.138 e. The van der Waals surface area contributed by atoms with E-state index in [0.717, 1.165) is 30.0 Å². The van der Waals surface area contributed by atoms with Gasteiger partial charge in [-0.25, -0.2) is 9.50 Å². The van der Waals surface area contributed by atoms with Gasteiger partial charge < -0.3 is 19.8 Å². The largest absolute Gasteiger partial charge is 0.489 e. The van der Waals surface area contributed by atoms with E-state index < -0.39 is 11.2 Å². The summed E-state index contributed by atoms with van der Waals surface area (Å²) in [6.07, 6.45) is 7.05. The number of nitriles is 1. The molecule has 2 N–H and O–H groups in total. The van der Waals surface area contributed by atoms with Crippen molar-refractivity contribution in [3.63, 3.8) is 0 Å². The van der Waals surface area contributed by atoms with Gasteiger partial charge in [-0.1, -0.05) is 24.3 Å². The molecule has 4 aromatic rings. The highest BCUT2D eigenvalue weighted by molar-refractivity contribution is 5.85. The third-order valence-corrected chi connectivity index (χ3v) is 7.16. The first-order chi connectivity index (χ1) is 18.1. The number of hydrogen-bond donors (Lipinski definition) is 2. The van der Waals surface area contributed by atoms with E-state index in [1.54, 1.807) is 30.8 Å². The standard InChI is InChI=1S/C30H33N5O3/c1-21-6-4-5-7-22(21)15-30(37)10-12-34(13-11-30)27-9-8-23(17-32-27)26-14-25(38-20-29(2,3)36)19-35-28(26)24(16-31)18-33-35/h4-9,14,17-19,36-37H,10-13,15,20H2,1-3H3. The lowest BCUT2D eigenvalue weighted by atomic mass is 9.84. The lowest BCUT2D eigenvalue weighted by Crippen LogP contribution is -2.46. The van der Waals surface area contributed by atoms with E-state index >= 15 is 0 Å². The molecule has 0 unspecified atom stereocenters. The number of nitrogens with zero attached hydrogens (tertiary/aromatic N) is 5. The SMILES string of the molecule is Cc1ccccc1CC1(O)CCN(c2ccc(-c3cc(OCC(C)(C)O)cn4ncc(C#N)c34)cn2)CC1. The Morgan fingerprint density at radius 1 is 1.13 bits per heavy atom. The third kappa shape index (κ3) is 5.49. The van der Waals surface area contributed by atoms with Crippen molar-refractivity contribution >= 4 is 11.3 Å². The molecule has 8 nitrogen and oxygen atoms in total. The quantitative estimate of drug-likeness (QED) is 0.381. The Morgan fingerprint density at radius 2 is 1.89 bits per heavy atom. The maximum atomic E-state index is 11.2. The van der Waals surface area contributed by atoms with Crippen LogP contribution < -0.4 is 9.64 Å². The highest BCUT2D eigenvalue weighted by Gasteiger charge is 2.33. The molecule has 38 heavy (non-hydrogen) atoms. The Bertz CT molecular complexity index is 1470. The molecule has 0 aliphatic carbocycles. The van der Waals surface area contributed by atoms with E-state index in [1.165, 1.54) is 17.3 Å². The number of fused-ring (bicyclic) bond motifs is 1. The van der Waals surface area contributed by atoms with Crippen LogP contribution in [0.25, 0.3) is 16.6 Å². The van der Waals surface area contributed by atoms with Crippen LogP contribution in [0, 0.1) is 18.3 Å². The molecule has 1 aromatic carbocycles. The average Bonchev–Trinajstić information content (AvgIpc) is 3.32. The first-order valence-corrected chi connectivity index (χ1v) is 12.9. The summed E-state index contributed by atoms with van der Waals surface area (Å²) in [6, 6.07) is 16.3. The Hall–Kier alpha value is -3.93. The smallest absolute Gasteiger partial charge is 0.138 e. The summed E-state index contributed by atoms with van der Waals surface area (Å²) in [5.74, 6) is 1.39. The fourth-order valence-corrected chi connectivity index (χ4v) is 4.96. The number of piperidine rings is 1. The van der Waals surface area contributed by atoms with Gasteiger partial charge in [0.15, 0.2) is 0 Å². The number of benzene rings is 1. The molecule has 0 bridgehead atoms. The summed E-state index contributed by atoms with van der Waals surface area (Å²) >= 11 is 0. The molecule has 5 rings (SSSR count). The molecule has 3 aromatic heterocycles. The Labute approximate surface area is 222 Å². The van der Waals surface area contributed by atoms with Gasteiger partial charge in [0.25, 0.3) is 0 Å². The molecule has 1 aliphatic heterocycles. The molecule has 0 spiro atoms. The number of ether oxygens (including phenoxy) is 1. The van der Waals surface area contributed by atoms with Crippen LogP contribution in [0.15, 0.2) is 61.1 Å². The normalized spacial score (nSPS) is 15.4. The number of rotatable bonds is 7. The maximum absolute atomic E-state index is 11.2. The zero-order chi connectivity index (χ0) is 26.9. The molecule has 196 valence electrons. The van der Waals surface area contributed by atoms with Gasteiger partial charge in [-0.2, -0.15) is 10.4 Å². The van der Waals surface area contributed by atoms with Gasteiger partial charge in [0.05, 0.1) is 34.7 Å². The number of aryl methyl sites for hydroxylation is 1. The third-order valence-electron chi connectivity index (χ3n) is 7.16. The van der Waals surface area contributed by atoms with Crippen molar-refractivity contribution in [3.05, 3.63) is 77.7 Å². The summed E-state index contributed by atoms with van der Waals surface area (Å²) in [6.45, 7) is 7.02. The molecule has 0 saturated carbocycles. The predicted octanol–water partition coefficient (Wildman–Crippen LogP) is 4.30. The van der Waals surface area contributed by atoms with Crippen LogP contribution in [0.2, 0.25) is 0 Å². The number of anilines is 1. The highest BCUT2D eigenvalue weighted by atomic mass is 16.5. The van der Waals surface area contributed by atoms with Crippen LogP contribution in [0.4, 0.5) is 5.82 Å². The van der Waals surface area contributed by atoms with E-state index in [2.05, 4.69) is 35.1 Å². The second kappa shape index (κ2) is 10.1. The fourth-order valence-electron chi connectivity index (χ4n) is 4.96. The summed E-state index contributed by atoms with van der Waals surface area (Å²) in [4.78, 5) is 6.94. The van der Waals surface area contributed by atoms with Crippen LogP contribution in [0.1, 0.15) is 43.4 Å². The van der Waals surface area contributed by atoms with Gasteiger partial charge >= 0.3 is 0 Å². The van der Waals surface area contributed by atoms with Crippen LogP contribution in [0.5, 0.6) is 5.75 Å². The molecule has 4 heterocycles. The van der Waals surface area contributed by atoms with Crippen molar-refractivity contribution in [2.75, 3.05) is 24.6 Å². The van der Waals surface area contributed by atoms with Gasteiger partial charge in [0.2, 0.25) is 0 Å². The topological polar surface area (TPSA) is 107 Å². The fraction of sp³-hybridized carbons (Fsp3) is 0.367. The van der Waals surface area contributed by atoms with Crippen molar-refractivity contribution in [2.24, 2.45) is 0 Å². The summed E-state index contributed by atoms with van der Waals surface area (Å²) < 4.78 is 7.45.